The van der Waals surface area contributed by atoms with Gasteiger partial charge in [0.1, 0.15) is 11.5 Å². The number of hydrazone groups is 1. The van der Waals surface area contributed by atoms with Crippen LogP contribution in [0.1, 0.15) is 29.8 Å². The number of para-hydroxylation sites is 1. The molecule has 0 spiro atoms. The predicted molar refractivity (Wildman–Crippen MR) is 132 cm³/mol. The predicted octanol–water partition coefficient (Wildman–Crippen LogP) is 4.55. The fourth-order valence-electron chi connectivity index (χ4n) is 2.87. The van der Waals surface area contributed by atoms with Crippen LogP contribution < -0.4 is 20.2 Å². The summed E-state index contributed by atoms with van der Waals surface area (Å²) >= 11 is 3.33. The van der Waals surface area contributed by atoms with Gasteiger partial charge in [0, 0.05) is 15.7 Å². The zero-order valence-corrected chi connectivity index (χ0v) is 20.1. The van der Waals surface area contributed by atoms with Crippen LogP contribution >= 0.6 is 15.9 Å². The SMILES string of the molecule is CCOc1ccc(NC(=O)C(=O)NN=C(C)c2ccccc2OC(=O)c2ccccc2Br)cc1. The Balaban J connectivity index is 1.65. The van der Waals surface area contributed by atoms with Gasteiger partial charge in [-0.1, -0.05) is 24.3 Å². The van der Waals surface area contributed by atoms with Gasteiger partial charge in [0.25, 0.3) is 0 Å². The fourth-order valence-corrected chi connectivity index (χ4v) is 3.32. The van der Waals surface area contributed by atoms with Crippen molar-refractivity contribution in [2.45, 2.75) is 13.8 Å². The third kappa shape index (κ3) is 6.52. The summed E-state index contributed by atoms with van der Waals surface area (Å²) in [6.45, 7) is 4.01. The molecule has 0 saturated heterocycles. The van der Waals surface area contributed by atoms with E-state index in [1.165, 1.54) is 0 Å². The monoisotopic (exact) mass is 523 g/mol. The molecule has 0 bridgehead atoms. The first-order valence-corrected chi connectivity index (χ1v) is 11.1. The van der Waals surface area contributed by atoms with Gasteiger partial charge in [-0.05, 0) is 78.3 Å². The first kappa shape index (κ1) is 24.7. The van der Waals surface area contributed by atoms with Crippen LogP contribution in [0.3, 0.4) is 0 Å². The minimum absolute atomic E-state index is 0.262. The summed E-state index contributed by atoms with van der Waals surface area (Å²) in [5, 5.41) is 6.48. The van der Waals surface area contributed by atoms with Crippen molar-refractivity contribution in [1.29, 1.82) is 0 Å². The molecule has 0 unspecified atom stereocenters. The van der Waals surface area contributed by atoms with Crippen molar-refractivity contribution in [3.05, 3.63) is 88.4 Å². The highest BCUT2D eigenvalue weighted by atomic mass is 79.9. The normalized spacial score (nSPS) is 10.9. The van der Waals surface area contributed by atoms with Gasteiger partial charge in [0.2, 0.25) is 0 Å². The number of carbonyl (C=O) groups is 3. The molecule has 34 heavy (non-hydrogen) atoms. The minimum atomic E-state index is -0.948. The van der Waals surface area contributed by atoms with E-state index in [0.717, 1.165) is 0 Å². The van der Waals surface area contributed by atoms with Crippen LogP contribution in [0.25, 0.3) is 0 Å². The minimum Gasteiger partial charge on any atom is -0.494 e. The van der Waals surface area contributed by atoms with Gasteiger partial charge in [-0.2, -0.15) is 5.10 Å². The molecule has 3 aromatic rings. The Morgan fingerprint density at radius 3 is 2.21 bits per heavy atom. The molecule has 0 radical (unpaired) electrons. The Hall–Kier alpha value is -3.98. The number of halogens is 1. The van der Waals surface area contributed by atoms with Crippen LogP contribution in [-0.4, -0.2) is 30.1 Å². The van der Waals surface area contributed by atoms with Gasteiger partial charge in [0.05, 0.1) is 17.9 Å². The lowest BCUT2D eigenvalue weighted by atomic mass is 10.1. The highest BCUT2D eigenvalue weighted by Crippen LogP contribution is 2.23. The highest BCUT2D eigenvalue weighted by Gasteiger charge is 2.17. The van der Waals surface area contributed by atoms with Crippen molar-refractivity contribution >= 4 is 45.1 Å². The molecule has 9 heteroatoms. The number of amides is 2. The molecule has 0 atom stereocenters. The molecule has 2 N–H and O–H groups in total. The molecule has 8 nitrogen and oxygen atoms in total. The van der Waals surface area contributed by atoms with Gasteiger partial charge in [-0.15, -0.1) is 0 Å². The van der Waals surface area contributed by atoms with E-state index >= 15 is 0 Å². The molecule has 0 aliphatic carbocycles. The number of hydrogen-bond donors (Lipinski definition) is 2. The molecule has 3 rings (SSSR count). The van der Waals surface area contributed by atoms with E-state index in [-0.39, 0.29) is 5.75 Å². The lowest BCUT2D eigenvalue weighted by Gasteiger charge is -2.11. The third-order valence-electron chi connectivity index (χ3n) is 4.53. The number of anilines is 1. The molecule has 2 amide bonds. The van der Waals surface area contributed by atoms with Crippen molar-refractivity contribution in [1.82, 2.24) is 5.43 Å². The summed E-state index contributed by atoms with van der Waals surface area (Å²) in [6, 6.07) is 20.3. The van der Waals surface area contributed by atoms with Crippen LogP contribution in [0.2, 0.25) is 0 Å². The maximum Gasteiger partial charge on any atom is 0.344 e. The van der Waals surface area contributed by atoms with Gasteiger partial charge < -0.3 is 14.8 Å². The largest absolute Gasteiger partial charge is 0.494 e. The highest BCUT2D eigenvalue weighted by molar-refractivity contribution is 9.10. The first-order valence-electron chi connectivity index (χ1n) is 10.3. The average molecular weight is 524 g/mol. The topological polar surface area (TPSA) is 106 Å². The standard InChI is InChI=1S/C25H22BrN3O5/c1-3-33-18-14-12-17(13-15-18)27-23(30)24(31)29-28-16(2)19-8-5-7-11-22(19)34-25(32)20-9-4-6-10-21(20)26/h4-15H,3H2,1-2H3,(H,27,30)(H,29,31). The summed E-state index contributed by atoms with van der Waals surface area (Å²) in [7, 11) is 0. The second kappa shape index (κ2) is 11.8. The summed E-state index contributed by atoms with van der Waals surface area (Å²) in [4.78, 5) is 36.9. The lowest BCUT2D eigenvalue weighted by molar-refractivity contribution is -0.136. The smallest absolute Gasteiger partial charge is 0.344 e. The van der Waals surface area contributed by atoms with Gasteiger partial charge in [-0.25, -0.2) is 10.2 Å². The second-order valence-corrected chi connectivity index (χ2v) is 7.77. The Kier molecular flexibility index (Phi) is 8.53. The van der Waals surface area contributed by atoms with Crippen LogP contribution in [0.5, 0.6) is 11.5 Å². The van der Waals surface area contributed by atoms with Crippen LogP contribution in [0.15, 0.2) is 82.4 Å². The van der Waals surface area contributed by atoms with Gasteiger partial charge in [-0.3, -0.25) is 9.59 Å². The quantitative estimate of drug-likeness (QED) is 0.155. The Morgan fingerprint density at radius 1 is 0.882 bits per heavy atom. The Labute approximate surface area is 205 Å². The number of rotatable bonds is 7. The average Bonchev–Trinajstić information content (AvgIpc) is 2.84. The maximum atomic E-state index is 12.6. The second-order valence-electron chi connectivity index (χ2n) is 6.92. The molecule has 174 valence electrons. The third-order valence-corrected chi connectivity index (χ3v) is 5.22. The molecule has 3 aromatic carbocycles. The molecule has 0 aliphatic rings. The molecular weight excluding hydrogens is 502 g/mol. The summed E-state index contributed by atoms with van der Waals surface area (Å²) in [6.07, 6.45) is 0. The summed E-state index contributed by atoms with van der Waals surface area (Å²) in [5.74, 6) is -1.46. The Morgan fingerprint density at radius 2 is 1.53 bits per heavy atom. The molecule has 0 aliphatic heterocycles. The van der Waals surface area contributed by atoms with Crippen molar-refractivity contribution in [2.24, 2.45) is 5.10 Å². The first-order chi connectivity index (χ1) is 16.4. The number of nitrogens with one attached hydrogen (secondary N) is 2. The lowest BCUT2D eigenvalue weighted by Crippen LogP contribution is -2.33. The van der Waals surface area contributed by atoms with Crippen molar-refractivity contribution < 1.29 is 23.9 Å². The summed E-state index contributed by atoms with van der Waals surface area (Å²) < 4.78 is 11.5. The number of nitrogens with zero attached hydrogens (tertiary/aromatic N) is 1. The number of esters is 1. The maximum absolute atomic E-state index is 12.6. The number of benzene rings is 3. The zero-order chi connectivity index (χ0) is 24.5. The van der Waals surface area contributed by atoms with Crippen LogP contribution in [-0.2, 0) is 9.59 Å². The van der Waals surface area contributed by atoms with E-state index in [0.29, 0.717) is 39.4 Å². The molecule has 0 heterocycles. The fraction of sp³-hybridized carbons (Fsp3) is 0.120. The molecule has 0 fully saturated rings. The van der Waals surface area contributed by atoms with Gasteiger partial charge in [0.15, 0.2) is 0 Å². The van der Waals surface area contributed by atoms with Crippen LogP contribution in [0, 0.1) is 0 Å². The number of ether oxygens (including phenoxy) is 2. The van der Waals surface area contributed by atoms with E-state index in [9.17, 15) is 14.4 Å². The van der Waals surface area contributed by atoms with E-state index in [1.54, 1.807) is 79.7 Å². The van der Waals surface area contributed by atoms with E-state index in [2.05, 4.69) is 31.8 Å². The van der Waals surface area contributed by atoms with Crippen molar-refractivity contribution in [3.63, 3.8) is 0 Å². The van der Waals surface area contributed by atoms with E-state index in [4.69, 9.17) is 9.47 Å². The van der Waals surface area contributed by atoms with Crippen molar-refractivity contribution in [3.8, 4) is 11.5 Å². The van der Waals surface area contributed by atoms with Crippen LogP contribution in [0.4, 0.5) is 5.69 Å². The van der Waals surface area contributed by atoms with Gasteiger partial charge >= 0.3 is 17.8 Å². The van der Waals surface area contributed by atoms with E-state index < -0.39 is 17.8 Å². The van der Waals surface area contributed by atoms with E-state index in [1.807, 2.05) is 6.92 Å². The molecular formula is C25H22BrN3O5. The summed E-state index contributed by atoms with van der Waals surface area (Å²) in [5.41, 5.74) is 3.85. The Bertz CT molecular complexity index is 1230. The number of hydrogen-bond acceptors (Lipinski definition) is 6. The van der Waals surface area contributed by atoms with Crippen molar-refractivity contribution in [2.75, 3.05) is 11.9 Å². The zero-order valence-electron chi connectivity index (χ0n) is 18.5. The molecule has 0 saturated carbocycles. The number of carbonyl (C=O) groups excluding carboxylic acids is 3. The molecule has 0 aromatic heterocycles.